The lowest BCUT2D eigenvalue weighted by molar-refractivity contribution is 0.459. The monoisotopic (exact) mass is 324 g/mol. The summed E-state index contributed by atoms with van der Waals surface area (Å²) in [5.41, 5.74) is 2.81. The van der Waals surface area contributed by atoms with Crippen LogP contribution in [0.15, 0.2) is 22.7 Å². The number of hydrogen-bond acceptors (Lipinski definition) is 2. The van der Waals surface area contributed by atoms with E-state index < -0.39 is 0 Å². The molecular formula is C16H25BrN2. The van der Waals surface area contributed by atoms with Crippen LogP contribution in [0.2, 0.25) is 0 Å². The van der Waals surface area contributed by atoms with Gasteiger partial charge in [0.05, 0.1) is 0 Å². The predicted octanol–water partition coefficient (Wildman–Crippen LogP) is 4.19. The van der Waals surface area contributed by atoms with Gasteiger partial charge in [-0.25, -0.2) is 0 Å². The van der Waals surface area contributed by atoms with Crippen LogP contribution >= 0.6 is 15.9 Å². The van der Waals surface area contributed by atoms with Gasteiger partial charge in [0.2, 0.25) is 0 Å². The van der Waals surface area contributed by atoms with E-state index in [0.717, 1.165) is 12.5 Å². The summed E-state index contributed by atoms with van der Waals surface area (Å²) >= 11 is 3.58. The second-order valence-electron chi connectivity index (χ2n) is 5.50. The summed E-state index contributed by atoms with van der Waals surface area (Å²) in [7, 11) is 2.01. The van der Waals surface area contributed by atoms with Crippen LogP contribution in [-0.4, -0.2) is 20.1 Å². The zero-order chi connectivity index (χ0) is 13.7. The van der Waals surface area contributed by atoms with Gasteiger partial charge in [-0.05, 0) is 56.0 Å². The molecule has 1 aromatic rings. The topological polar surface area (TPSA) is 15.3 Å². The standard InChI is InChI=1S/C16H25BrN2/c1-3-13-5-4-9-19(10-8-13)16-7-6-15(17)11-14(16)12-18-2/h6-7,11,13,18H,3-5,8-10,12H2,1-2H3. The lowest BCUT2D eigenvalue weighted by Gasteiger charge is -2.26. The highest BCUT2D eigenvalue weighted by Crippen LogP contribution is 2.29. The second-order valence-corrected chi connectivity index (χ2v) is 6.41. The van der Waals surface area contributed by atoms with Crippen molar-refractivity contribution in [3.8, 4) is 0 Å². The van der Waals surface area contributed by atoms with E-state index in [1.807, 2.05) is 7.05 Å². The number of hydrogen-bond donors (Lipinski definition) is 1. The van der Waals surface area contributed by atoms with Gasteiger partial charge in [-0.2, -0.15) is 0 Å². The Bertz CT molecular complexity index is 406. The Kier molecular flexibility index (Phi) is 5.71. The minimum atomic E-state index is 0.924. The van der Waals surface area contributed by atoms with Crippen molar-refractivity contribution in [2.45, 2.75) is 39.2 Å². The molecule has 1 saturated heterocycles. The summed E-state index contributed by atoms with van der Waals surface area (Å²) in [6.07, 6.45) is 5.39. The fourth-order valence-corrected chi connectivity index (χ4v) is 3.42. The quantitative estimate of drug-likeness (QED) is 0.893. The van der Waals surface area contributed by atoms with Crippen molar-refractivity contribution in [3.05, 3.63) is 28.2 Å². The van der Waals surface area contributed by atoms with Crippen LogP contribution in [0, 0.1) is 5.92 Å². The molecule has 2 rings (SSSR count). The third-order valence-electron chi connectivity index (χ3n) is 4.17. The summed E-state index contributed by atoms with van der Waals surface area (Å²) in [4.78, 5) is 2.58. The van der Waals surface area contributed by atoms with Crippen LogP contribution in [0.1, 0.15) is 38.2 Å². The molecule has 0 spiro atoms. The van der Waals surface area contributed by atoms with Gasteiger partial charge in [-0.15, -0.1) is 0 Å². The first kappa shape index (κ1) is 14.9. The molecule has 1 heterocycles. The van der Waals surface area contributed by atoms with E-state index in [-0.39, 0.29) is 0 Å². The average Bonchev–Trinajstić information content (AvgIpc) is 2.65. The first-order chi connectivity index (χ1) is 9.24. The molecule has 0 aliphatic carbocycles. The largest absolute Gasteiger partial charge is 0.371 e. The third-order valence-corrected chi connectivity index (χ3v) is 4.67. The van der Waals surface area contributed by atoms with Gasteiger partial charge in [-0.1, -0.05) is 29.3 Å². The van der Waals surface area contributed by atoms with E-state index >= 15 is 0 Å². The highest BCUT2D eigenvalue weighted by atomic mass is 79.9. The smallest absolute Gasteiger partial charge is 0.0412 e. The molecule has 0 saturated carbocycles. The molecule has 1 aliphatic heterocycles. The molecule has 106 valence electrons. The summed E-state index contributed by atoms with van der Waals surface area (Å²) in [6, 6.07) is 6.67. The Balaban J connectivity index is 2.16. The maximum Gasteiger partial charge on any atom is 0.0412 e. The highest BCUT2D eigenvalue weighted by molar-refractivity contribution is 9.10. The molecule has 1 atom stereocenters. The van der Waals surface area contributed by atoms with Gasteiger partial charge in [0.1, 0.15) is 0 Å². The molecule has 1 unspecified atom stereocenters. The van der Waals surface area contributed by atoms with Gasteiger partial charge < -0.3 is 10.2 Å². The first-order valence-electron chi connectivity index (χ1n) is 7.42. The lowest BCUT2D eigenvalue weighted by Crippen LogP contribution is -2.26. The van der Waals surface area contributed by atoms with Crippen LogP contribution in [0.3, 0.4) is 0 Å². The highest BCUT2D eigenvalue weighted by Gasteiger charge is 2.17. The van der Waals surface area contributed by atoms with E-state index in [0.29, 0.717) is 0 Å². The number of rotatable bonds is 4. The molecule has 0 amide bonds. The van der Waals surface area contributed by atoms with Gasteiger partial charge in [-0.3, -0.25) is 0 Å². The van der Waals surface area contributed by atoms with Crippen LogP contribution in [0.5, 0.6) is 0 Å². The molecule has 2 nitrogen and oxygen atoms in total. The number of anilines is 1. The molecule has 19 heavy (non-hydrogen) atoms. The van der Waals surface area contributed by atoms with Crippen molar-refractivity contribution < 1.29 is 0 Å². The Morgan fingerprint density at radius 3 is 2.89 bits per heavy atom. The van der Waals surface area contributed by atoms with Crippen LogP contribution in [0.4, 0.5) is 5.69 Å². The number of benzene rings is 1. The summed E-state index contributed by atoms with van der Waals surface area (Å²) < 4.78 is 1.17. The first-order valence-corrected chi connectivity index (χ1v) is 8.22. The summed E-state index contributed by atoms with van der Waals surface area (Å²) in [6.45, 7) is 5.67. The van der Waals surface area contributed by atoms with E-state index in [2.05, 4.69) is 51.3 Å². The van der Waals surface area contributed by atoms with Crippen molar-refractivity contribution in [1.29, 1.82) is 0 Å². The third kappa shape index (κ3) is 3.96. The minimum Gasteiger partial charge on any atom is -0.371 e. The van der Waals surface area contributed by atoms with Crippen molar-refractivity contribution in [1.82, 2.24) is 5.32 Å². The molecule has 1 fully saturated rings. The maximum atomic E-state index is 3.58. The van der Waals surface area contributed by atoms with E-state index in [1.54, 1.807) is 0 Å². The summed E-state index contributed by atoms with van der Waals surface area (Å²) in [5, 5.41) is 3.28. The molecule has 0 aromatic heterocycles. The van der Waals surface area contributed by atoms with Crippen molar-refractivity contribution in [3.63, 3.8) is 0 Å². The van der Waals surface area contributed by atoms with Gasteiger partial charge in [0.25, 0.3) is 0 Å². The Labute approximate surface area is 125 Å². The van der Waals surface area contributed by atoms with Gasteiger partial charge >= 0.3 is 0 Å². The maximum absolute atomic E-state index is 3.58. The molecule has 1 aliphatic rings. The molecule has 0 bridgehead atoms. The summed E-state index contributed by atoms with van der Waals surface area (Å²) in [5.74, 6) is 0.924. The Morgan fingerprint density at radius 2 is 2.16 bits per heavy atom. The lowest BCUT2D eigenvalue weighted by atomic mass is 9.98. The number of nitrogens with zero attached hydrogens (tertiary/aromatic N) is 1. The van der Waals surface area contributed by atoms with E-state index in [9.17, 15) is 0 Å². The van der Waals surface area contributed by atoms with E-state index in [4.69, 9.17) is 0 Å². The van der Waals surface area contributed by atoms with Crippen LogP contribution in [0.25, 0.3) is 0 Å². The average molecular weight is 325 g/mol. The van der Waals surface area contributed by atoms with Gasteiger partial charge in [0.15, 0.2) is 0 Å². The fourth-order valence-electron chi connectivity index (χ4n) is 3.01. The zero-order valence-electron chi connectivity index (χ0n) is 12.1. The zero-order valence-corrected chi connectivity index (χ0v) is 13.7. The minimum absolute atomic E-state index is 0.924. The fraction of sp³-hybridized carbons (Fsp3) is 0.625. The number of nitrogens with one attached hydrogen (secondary N) is 1. The SMILES string of the molecule is CCC1CCCN(c2ccc(Br)cc2CNC)CC1. The molecular weight excluding hydrogens is 300 g/mol. The Morgan fingerprint density at radius 1 is 1.32 bits per heavy atom. The van der Waals surface area contributed by atoms with Crippen LogP contribution < -0.4 is 10.2 Å². The molecule has 0 radical (unpaired) electrons. The second kappa shape index (κ2) is 7.30. The van der Waals surface area contributed by atoms with Crippen molar-refractivity contribution in [2.75, 3.05) is 25.0 Å². The number of halogens is 1. The predicted molar refractivity (Wildman–Crippen MR) is 86.8 cm³/mol. The molecule has 3 heteroatoms. The van der Waals surface area contributed by atoms with Crippen LogP contribution in [-0.2, 0) is 6.54 Å². The molecule has 1 N–H and O–H groups in total. The van der Waals surface area contributed by atoms with E-state index in [1.165, 1.54) is 54.5 Å². The van der Waals surface area contributed by atoms with Gasteiger partial charge in [0, 0.05) is 29.8 Å². The Hall–Kier alpha value is -0.540. The molecule has 1 aromatic carbocycles. The van der Waals surface area contributed by atoms with Crippen molar-refractivity contribution in [2.24, 2.45) is 5.92 Å². The van der Waals surface area contributed by atoms with Crippen molar-refractivity contribution >= 4 is 21.6 Å². The normalized spacial score (nSPS) is 20.4.